The van der Waals surface area contributed by atoms with E-state index in [9.17, 15) is 15.2 Å². The fraction of sp³-hybridized carbons (Fsp3) is 0.543. The van der Waals surface area contributed by atoms with E-state index in [0.29, 0.717) is 45.2 Å². The van der Waals surface area contributed by atoms with Gasteiger partial charge in [-0.05, 0) is 36.8 Å². The van der Waals surface area contributed by atoms with Gasteiger partial charge >= 0.3 is 12.1 Å². The number of hydrogen-bond donors (Lipinski definition) is 1. The molecule has 3 fully saturated rings. The molecule has 48 heavy (non-hydrogen) atoms. The van der Waals surface area contributed by atoms with Crippen LogP contribution in [0.4, 0.5) is 16.3 Å². The maximum atomic E-state index is 12.0. The highest BCUT2D eigenvalue weighted by Crippen LogP contribution is 2.43. The highest BCUT2D eigenvalue weighted by Gasteiger charge is 2.49. The van der Waals surface area contributed by atoms with Crippen molar-refractivity contribution >= 4 is 40.0 Å². The lowest BCUT2D eigenvalue weighted by molar-refractivity contribution is 0.0455. The Kier molecular flexibility index (Phi) is 9.47. The number of amides is 1. The number of nitrogens with zero attached hydrogens (tertiary/aromatic N) is 8. The number of anilines is 2. The molecule has 12 nitrogen and oxygen atoms in total. The van der Waals surface area contributed by atoms with Gasteiger partial charge in [-0.2, -0.15) is 15.2 Å². The van der Waals surface area contributed by atoms with Gasteiger partial charge in [0.15, 0.2) is 0 Å². The quantitative estimate of drug-likeness (QED) is 0.335. The van der Waals surface area contributed by atoms with Crippen LogP contribution in [0, 0.1) is 11.3 Å². The standard InChI is InChI=1S/C35H43ClN8O4/c1-47-21-20-40-14-17-43(18-15-40)35(10-11-35)24-48-33-38-29-23-41(30-7-3-5-25-4-2-6-28(36)31(25)30)13-9-27(29)32(39-33)42-16-19-44(34(45)46)26(22-42)8-12-37/h2-7,26H,8-11,13-24H2,1H3,(H,45,46). The molecule has 1 atom stereocenters. The summed E-state index contributed by atoms with van der Waals surface area (Å²) in [5.74, 6) is 0.787. The van der Waals surface area contributed by atoms with Crippen molar-refractivity contribution in [2.45, 2.75) is 43.8 Å². The van der Waals surface area contributed by atoms with E-state index in [1.807, 2.05) is 12.1 Å². The van der Waals surface area contributed by atoms with Crippen molar-refractivity contribution in [1.29, 1.82) is 5.26 Å². The van der Waals surface area contributed by atoms with E-state index in [4.69, 9.17) is 31.0 Å². The molecule has 2 aromatic carbocycles. The first-order valence-corrected chi connectivity index (χ1v) is 17.3. The predicted octanol–water partition coefficient (Wildman–Crippen LogP) is 4.10. The van der Waals surface area contributed by atoms with E-state index in [1.54, 1.807) is 7.11 Å². The Labute approximate surface area is 286 Å². The van der Waals surface area contributed by atoms with Crippen molar-refractivity contribution in [2.75, 3.05) is 89.0 Å². The Hall–Kier alpha value is -3.89. The van der Waals surface area contributed by atoms with E-state index in [-0.39, 0.29) is 12.0 Å². The van der Waals surface area contributed by atoms with Gasteiger partial charge in [-0.1, -0.05) is 35.9 Å². The Morgan fingerprint density at radius 1 is 1.06 bits per heavy atom. The third kappa shape index (κ3) is 6.57. The Morgan fingerprint density at radius 3 is 2.58 bits per heavy atom. The Bertz CT molecular complexity index is 1680. The highest BCUT2D eigenvalue weighted by molar-refractivity contribution is 6.36. The molecular weight excluding hydrogens is 632 g/mol. The third-order valence-electron chi connectivity index (χ3n) is 10.5. The number of hydrogen-bond acceptors (Lipinski definition) is 10. The zero-order chi connectivity index (χ0) is 33.3. The smallest absolute Gasteiger partial charge is 0.407 e. The second kappa shape index (κ2) is 13.9. The number of halogens is 1. The molecule has 13 heteroatoms. The van der Waals surface area contributed by atoms with Gasteiger partial charge in [0.25, 0.3) is 0 Å². The normalized spacial score (nSPS) is 21.2. The van der Waals surface area contributed by atoms with Gasteiger partial charge in [-0.15, -0.1) is 0 Å². The zero-order valence-corrected chi connectivity index (χ0v) is 28.2. The Balaban J connectivity index is 1.16. The lowest BCUT2D eigenvalue weighted by Gasteiger charge is -2.41. The molecular formula is C35H43ClN8O4. The van der Waals surface area contributed by atoms with Crippen molar-refractivity contribution in [2.24, 2.45) is 0 Å². The average molecular weight is 675 g/mol. The van der Waals surface area contributed by atoms with Crippen LogP contribution in [0.1, 0.15) is 30.5 Å². The predicted molar refractivity (Wildman–Crippen MR) is 184 cm³/mol. The van der Waals surface area contributed by atoms with Crippen LogP contribution in [0.2, 0.25) is 5.02 Å². The number of ether oxygens (including phenoxy) is 2. The molecule has 3 aromatic rings. The molecule has 1 aromatic heterocycles. The lowest BCUT2D eigenvalue weighted by Crippen LogP contribution is -2.55. The maximum absolute atomic E-state index is 12.0. The van der Waals surface area contributed by atoms with E-state index in [1.165, 1.54) is 4.90 Å². The molecule has 7 rings (SSSR count). The molecule has 0 radical (unpaired) electrons. The first-order valence-electron chi connectivity index (χ1n) is 16.9. The van der Waals surface area contributed by atoms with Crippen molar-refractivity contribution < 1.29 is 19.4 Å². The highest BCUT2D eigenvalue weighted by atomic mass is 35.5. The van der Waals surface area contributed by atoms with Gasteiger partial charge in [0.2, 0.25) is 0 Å². The van der Waals surface area contributed by atoms with Gasteiger partial charge in [0.1, 0.15) is 12.4 Å². The summed E-state index contributed by atoms with van der Waals surface area (Å²) in [6, 6.07) is 14.3. The van der Waals surface area contributed by atoms with E-state index < -0.39 is 12.1 Å². The average Bonchev–Trinajstić information content (AvgIpc) is 3.90. The summed E-state index contributed by atoms with van der Waals surface area (Å²) in [5.41, 5.74) is 3.03. The fourth-order valence-corrected chi connectivity index (χ4v) is 7.88. The summed E-state index contributed by atoms with van der Waals surface area (Å²) < 4.78 is 11.8. The number of carboxylic acid groups (broad SMARTS) is 1. The summed E-state index contributed by atoms with van der Waals surface area (Å²) >= 11 is 6.73. The molecule has 4 heterocycles. The fourth-order valence-electron chi connectivity index (χ4n) is 7.60. The van der Waals surface area contributed by atoms with Gasteiger partial charge in [0.05, 0.1) is 47.9 Å². The second-order valence-electron chi connectivity index (χ2n) is 13.3. The summed E-state index contributed by atoms with van der Waals surface area (Å²) in [6.45, 7) is 8.76. The number of benzene rings is 2. The van der Waals surface area contributed by atoms with Crippen LogP contribution in [0.5, 0.6) is 6.01 Å². The van der Waals surface area contributed by atoms with Crippen molar-refractivity contribution in [3.05, 3.63) is 52.7 Å². The minimum Gasteiger partial charge on any atom is -0.465 e. The summed E-state index contributed by atoms with van der Waals surface area (Å²) in [7, 11) is 1.75. The van der Waals surface area contributed by atoms with Gasteiger partial charge in [-0.25, -0.2) is 4.79 Å². The molecule has 2 saturated heterocycles. The van der Waals surface area contributed by atoms with Crippen molar-refractivity contribution in [3.63, 3.8) is 0 Å². The summed E-state index contributed by atoms with van der Waals surface area (Å²) in [6.07, 6.45) is 2.01. The van der Waals surface area contributed by atoms with Gasteiger partial charge < -0.3 is 29.3 Å². The molecule has 1 unspecified atom stereocenters. The van der Waals surface area contributed by atoms with Crippen LogP contribution < -0.4 is 14.5 Å². The largest absolute Gasteiger partial charge is 0.465 e. The minimum absolute atomic E-state index is 0.00349. The van der Waals surface area contributed by atoms with Gasteiger partial charge in [0, 0.05) is 82.6 Å². The first kappa shape index (κ1) is 32.6. The number of rotatable bonds is 10. The third-order valence-corrected chi connectivity index (χ3v) is 10.8. The molecule has 1 amide bonds. The summed E-state index contributed by atoms with van der Waals surface area (Å²) in [4.78, 5) is 32.9. The molecule has 254 valence electrons. The van der Waals surface area contributed by atoms with Crippen LogP contribution in [0.15, 0.2) is 36.4 Å². The van der Waals surface area contributed by atoms with E-state index in [2.05, 4.69) is 49.9 Å². The summed E-state index contributed by atoms with van der Waals surface area (Å²) in [5, 5.41) is 22.1. The van der Waals surface area contributed by atoms with E-state index >= 15 is 0 Å². The molecule has 3 aliphatic heterocycles. The second-order valence-corrected chi connectivity index (χ2v) is 13.7. The van der Waals surface area contributed by atoms with Gasteiger partial charge in [-0.3, -0.25) is 9.80 Å². The zero-order valence-electron chi connectivity index (χ0n) is 27.5. The molecule has 4 aliphatic rings. The van der Waals surface area contributed by atoms with Crippen LogP contribution in [-0.4, -0.2) is 127 Å². The number of carbonyl (C=O) groups is 1. The molecule has 1 aliphatic carbocycles. The van der Waals surface area contributed by atoms with Crippen LogP contribution in [0.25, 0.3) is 10.8 Å². The number of aromatic nitrogens is 2. The minimum atomic E-state index is -0.998. The molecule has 1 N–H and O–H groups in total. The number of piperazine rings is 2. The molecule has 0 spiro atoms. The van der Waals surface area contributed by atoms with Crippen molar-refractivity contribution in [1.82, 2.24) is 24.7 Å². The van der Waals surface area contributed by atoms with Crippen LogP contribution >= 0.6 is 11.6 Å². The first-order chi connectivity index (χ1) is 23.4. The number of nitriles is 1. The molecule has 0 bridgehead atoms. The van der Waals surface area contributed by atoms with E-state index in [0.717, 1.165) is 97.3 Å². The number of methoxy groups -OCH3 is 1. The number of fused-ring (bicyclic) bond motifs is 2. The van der Waals surface area contributed by atoms with Crippen molar-refractivity contribution in [3.8, 4) is 12.1 Å². The molecule has 1 saturated carbocycles. The lowest BCUT2D eigenvalue weighted by atomic mass is 10.0. The maximum Gasteiger partial charge on any atom is 0.407 e. The monoisotopic (exact) mass is 674 g/mol. The van der Waals surface area contributed by atoms with Crippen LogP contribution in [-0.2, 0) is 17.7 Å². The topological polar surface area (TPSA) is 122 Å². The Morgan fingerprint density at radius 2 is 1.85 bits per heavy atom. The van der Waals surface area contributed by atoms with Crippen LogP contribution in [0.3, 0.4) is 0 Å². The SMILES string of the molecule is COCCN1CCN(C2(COc3nc4c(c(N5CCN(C(=O)O)C(CC#N)C5)n3)CCN(c3cccc5cccc(Cl)c35)C4)CC2)CC1.